The number of ketones is 1. The Morgan fingerprint density at radius 3 is 2.24 bits per heavy atom. The summed E-state index contributed by atoms with van der Waals surface area (Å²) in [5.41, 5.74) is 7.36. The quantitative estimate of drug-likeness (QED) is 0.134. The van der Waals surface area contributed by atoms with Crippen molar-refractivity contribution < 1.29 is 9.59 Å². The first-order valence-electron chi connectivity index (χ1n) is 17.6. The van der Waals surface area contributed by atoms with Crippen LogP contribution in [0.4, 0.5) is 27.9 Å². The lowest BCUT2D eigenvalue weighted by Gasteiger charge is -2.31. The van der Waals surface area contributed by atoms with E-state index in [2.05, 4.69) is 46.7 Å². The third-order valence-corrected chi connectivity index (χ3v) is 9.43. The van der Waals surface area contributed by atoms with E-state index in [0.717, 1.165) is 65.5 Å². The molecule has 1 atom stereocenters. The van der Waals surface area contributed by atoms with Crippen molar-refractivity contribution >= 4 is 35.0 Å². The highest BCUT2D eigenvalue weighted by Crippen LogP contribution is 2.36. The second-order valence-corrected chi connectivity index (χ2v) is 14.6. The number of nitrogens with zero attached hydrogens (tertiary/aromatic N) is 5. The number of hydrogen-bond donors (Lipinski definition) is 3. The van der Waals surface area contributed by atoms with Crippen molar-refractivity contribution in [2.45, 2.75) is 65.7 Å². The van der Waals surface area contributed by atoms with Gasteiger partial charge in [0.05, 0.1) is 17.3 Å². The van der Waals surface area contributed by atoms with Gasteiger partial charge in [0.25, 0.3) is 0 Å². The Morgan fingerprint density at radius 1 is 0.863 bits per heavy atom. The molecular formula is C41H48N8O2. The second-order valence-electron chi connectivity index (χ2n) is 14.6. The summed E-state index contributed by atoms with van der Waals surface area (Å²) in [6.07, 6.45) is 1.76. The molecule has 0 saturated carbocycles. The zero-order chi connectivity index (χ0) is 36.3. The lowest BCUT2D eigenvalue weighted by Crippen LogP contribution is -2.33. The molecule has 1 fully saturated rings. The fraction of sp³-hybridized carbons (Fsp3) is 0.341. The summed E-state index contributed by atoms with van der Waals surface area (Å²) in [5, 5.41) is 14.3. The minimum absolute atomic E-state index is 0.0526. The van der Waals surface area contributed by atoms with Gasteiger partial charge in [0.1, 0.15) is 5.82 Å². The molecule has 0 spiro atoms. The number of anilines is 4. The van der Waals surface area contributed by atoms with Gasteiger partial charge < -0.3 is 15.5 Å². The van der Waals surface area contributed by atoms with Crippen LogP contribution in [0.5, 0.6) is 0 Å². The topological polar surface area (TPSA) is 117 Å². The van der Waals surface area contributed by atoms with Crippen molar-refractivity contribution in [1.29, 1.82) is 0 Å². The van der Waals surface area contributed by atoms with Crippen molar-refractivity contribution in [3.63, 3.8) is 0 Å². The highest BCUT2D eigenvalue weighted by atomic mass is 16.2. The highest BCUT2D eigenvalue weighted by Gasteiger charge is 2.32. The smallest absolute Gasteiger partial charge is 0.317 e. The molecule has 0 radical (unpaired) electrons. The van der Waals surface area contributed by atoms with Gasteiger partial charge in [0, 0.05) is 46.9 Å². The average molecular weight is 685 g/mol. The van der Waals surface area contributed by atoms with Gasteiger partial charge in [0.2, 0.25) is 5.95 Å². The summed E-state index contributed by atoms with van der Waals surface area (Å²) >= 11 is 0. The number of nitrogens with one attached hydrogen (secondary N) is 3. The number of piperidine rings is 1. The Morgan fingerprint density at radius 2 is 1.55 bits per heavy atom. The molecule has 1 aliphatic rings. The molecule has 10 nitrogen and oxygen atoms in total. The fourth-order valence-corrected chi connectivity index (χ4v) is 6.64. The normalized spacial score (nSPS) is 14.2. The number of carbonyl (C=O) groups is 2. The summed E-state index contributed by atoms with van der Waals surface area (Å²) in [5.74, 6) is 0.965. The SMILES string of the molecule is Cc1ccc(-n2nc(C(C)(C)C)cc2NC(=O)Nc2cccc(C(C(=O)c3cccc(N(C)c4nc(C)cc(C)n4)c3)C3CCNCC3)c2)cc1. The number of amides is 2. The first-order valence-corrected chi connectivity index (χ1v) is 17.6. The van der Waals surface area contributed by atoms with Crippen LogP contribution in [0.15, 0.2) is 84.9 Å². The van der Waals surface area contributed by atoms with Crippen LogP contribution in [0.3, 0.4) is 0 Å². The van der Waals surface area contributed by atoms with Gasteiger partial charge in [-0.3, -0.25) is 10.1 Å². The molecule has 0 bridgehead atoms. The molecular weight excluding hydrogens is 637 g/mol. The molecule has 0 aliphatic carbocycles. The molecule has 6 rings (SSSR count). The van der Waals surface area contributed by atoms with Crippen LogP contribution in [-0.2, 0) is 5.41 Å². The number of rotatable bonds is 9. The van der Waals surface area contributed by atoms with Crippen LogP contribution in [0.1, 0.15) is 78.1 Å². The zero-order valence-electron chi connectivity index (χ0n) is 30.6. The first-order chi connectivity index (χ1) is 24.4. The molecule has 5 aromatic rings. The molecule has 3 aromatic carbocycles. The molecule has 3 heterocycles. The van der Waals surface area contributed by atoms with Crippen LogP contribution in [-0.4, -0.2) is 51.7 Å². The second kappa shape index (κ2) is 14.9. The monoisotopic (exact) mass is 684 g/mol. The molecule has 2 aromatic heterocycles. The third kappa shape index (κ3) is 8.35. The van der Waals surface area contributed by atoms with E-state index < -0.39 is 6.03 Å². The number of aryl methyl sites for hydroxylation is 3. The Hall–Kier alpha value is -5.35. The fourth-order valence-electron chi connectivity index (χ4n) is 6.64. The third-order valence-electron chi connectivity index (χ3n) is 9.43. The van der Waals surface area contributed by atoms with Gasteiger partial charge in [-0.25, -0.2) is 19.4 Å². The number of carbonyl (C=O) groups excluding carboxylic acids is 2. The highest BCUT2D eigenvalue weighted by molar-refractivity contribution is 6.03. The molecule has 1 aliphatic heterocycles. The summed E-state index contributed by atoms with van der Waals surface area (Å²) < 4.78 is 1.76. The van der Waals surface area contributed by atoms with E-state index in [1.165, 1.54) is 0 Å². The molecule has 10 heteroatoms. The minimum Gasteiger partial charge on any atom is -0.317 e. The van der Waals surface area contributed by atoms with Crippen LogP contribution in [0.2, 0.25) is 0 Å². The summed E-state index contributed by atoms with van der Waals surface area (Å²) in [6, 6.07) is 26.9. The molecule has 51 heavy (non-hydrogen) atoms. The van der Waals surface area contributed by atoms with Crippen LogP contribution < -0.4 is 20.9 Å². The molecule has 264 valence electrons. The molecule has 1 unspecified atom stereocenters. The number of benzene rings is 3. The van der Waals surface area contributed by atoms with Gasteiger partial charge in [-0.2, -0.15) is 5.10 Å². The van der Waals surface area contributed by atoms with Crippen molar-refractivity contribution in [2.75, 3.05) is 35.7 Å². The maximum Gasteiger partial charge on any atom is 0.324 e. The maximum absolute atomic E-state index is 14.5. The predicted molar refractivity (Wildman–Crippen MR) is 205 cm³/mol. The number of Topliss-reactive ketones (excluding diaryl/α,β-unsaturated/α-hetero) is 1. The Labute approximate surface area is 300 Å². The standard InChI is InChI=1S/C41H48N8O2/c1-26-14-16-33(17-15-26)49-36(25-35(47-49)41(4,5)6)46-40(51)45-32-12-8-10-30(23-32)37(29-18-20-42-21-19-29)38(50)31-11-9-13-34(24-31)48(7)39-43-27(2)22-28(3)44-39/h8-17,22-25,29,37,42H,18-21H2,1-7H3,(H2,45,46,51). The van der Waals surface area contributed by atoms with E-state index in [-0.39, 0.29) is 23.0 Å². The van der Waals surface area contributed by atoms with Gasteiger partial charge in [-0.1, -0.05) is 62.7 Å². The molecule has 2 amide bonds. The van der Waals surface area contributed by atoms with Crippen molar-refractivity contribution in [1.82, 2.24) is 25.1 Å². The minimum atomic E-state index is -0.394. The Kier molecular flexibility index (Phi) is 10.3. The lowest BCUT2D eigenvalue weighted by atomic mass is 9.76. The summed E-state index contributed by atoms with van der Waals surface area (Å²) in [4.78, 5) is 39.2. The van der Waals surface area contributed by atoms with Crippen LogP contribution >= 0.6 is 0 Å². The van der Waals surface area contributed by atoms with Gasteiger partial charge in [-0.05, 0) is 101 Å². The van der Waals surface area contributed by atoms with Crippen molar-refractivity contribution in [2.24, 2.45) is 5.92 Å². The number of urea groups is 1. The predicted octanol–water partition coefficient (Wildman–Crippen LogP) is 8.26. The van der Waals surface area contributed by atoms with E-state index in [0.29, 0.717) is 23.0 Å². The zero-order valence-corrected chi connectivity index (χ0v) is 30.6. The van der Waals surface area contributed by atoms with Crippen molar-refractivity contribution in [3.8, 4) is 5.69 Å². The maximum atomic E-state index is 14.5. The lowest BCUT2D eigenvalue weighted by molar-refractivity contribution is 0.0916. The van der Waals surface area contributed by atoms with Crippen LogP contribution in [0.25, 0.3) is 5.69 Å². The van der Waals surface area contributed by atoms with E-state index in [4.69, 9.17) is 5.10 Å². The number of hydrogen-bond acceptors (Lipinski definition) is 7. The van der Waals surface area contributed by atoms with Gasteiger partial charge in [0.15, 0.2) is 5.78 Å². The number of aromatic nitrogens is 4. The Balaban J connectivity index is 1.26. The summed E-state index contributed by atoms with van der Waals surface area (Å²) in [7, 11) is 1.92. The van der Waals surface area contributed by atoms with E-state index in [1.54, 1.807) is 4.68 Å². The van der Waals surface area contributed by atoms with E-state index in [9.17, 15) is 9.59 Å². The largest absolute Gasteiger partial charge is 0.324 e. The van der Waals surface area contributed by atoms with Crippen LogP contribution in [0, 0.1) is 26.7 Å². The van der Waals surface area contributed by atoms with Crippen molar-refractivity contribution in [3.05, 3.63) is 119 Å². The summed E-state index contributed by atoms with van der Waals surface area (Å²) in [6.45, 7) is 13.9. The average Bonchev–Trinajstić information content (AvgIpc) is 3.53. The van der Waals surface area contributed by atoms with Gasteiger partial charge >= 0.3 is 6.03 Å². The van der Waals surface area contributed by atoms with E-state index >= 15 is 0 Å². The first kappa shape index (κ1) is 35.5. The van der Waals surface area contributed by atoms with Gasteiger partial charge in [-0.15, -0.1) is 0 Å². The molecule has 3 N–H and O–H groups in total. The van der Waals surface area contributed by atoms with E-state index in [1.807, 2.05) is 118 Å². The Bertz CT molecular complexity index is 2000. The molecule has 1 saturated heterocycles.